The number of oxime groups is 1. The fraction of sp³-hybridized carbons (Fsp3) is 0.617. The van der Waals surface area contributed by atoms with Crippen molar-refractivity contribution in [2.24, 2.45) is 28.8 Å². The Bertz CT molecular complexity index is 1740. The summed E-state index contributed by atoms with van der Waals surface area (Å²) in [6.45, 7) is 8.40. The average molecular weight is 802 g/mol. The predicted molar refractivity (Wildman–Crippen MR) is 222 cm³/mol. The highest BCUT2D eigenvalue weighted by molar-refractivity contribution is 6.03. The number of hydrogen-bond acceptors (Lipinski definition) is 9. The molecule has 0 radical (unpaired) electrons. The molecule has 6 atom stereocenters. The van der Waals surface area contributed by atoms with Gasteiger partial charge in [-0.2, -0.15) is 0 Å². The van der Waals surface area contributed by atoms with Crippen LogP contribution in [0.15, 0.2) is 71.9 Å². The molecule has 1 amide bonds. The lowest BCUT2D eigenvalue weighted by Crippen LogP contribution is -2.70. The molecule has 2 heterocycles. The zero-order chi connectivity index (χ0) is 40.5. The normalized spacial score (nSPS) is 27.0. The van der Waals surface area contributed by atoms with Gasteiger partial charge in [-0.1, -0.05) is 68.0 Å². The van der Waals surface area contributed by atoms with Gasteiger partial charge in [-0.3, -0.25) is 9.69 Å². The number of carbonyl (C=O) groups is 1. The zero-order valence-electron chi connectivity index (χ0n) is 34.4. The van der Waals surface area contributed by atoms with Crippen molar-refractivity contribution < 1.29 is 38.4 Å². The summed E-state index contributed by atoms with van der Waals surface area (Å²) in [5.74, 6) is 0.0568. The first-order valence-corrected chi connectivity index (χ1v) is 21.9. The molecule has 3 aliphatic carbocycles. The van der Waals surface area contributed by atoms with Gasteiger partial charge in [0.05, 0.1) is 18.2 Å². The number of allylic oxidation sites excluding steroid dienone is 1. The van der Waals surface area contributed by atoms with Gasteiger partial charge < -0.3 is 34.2 Å². The van der Waals surface area contributed by atoms with Crippen molar-refractivity contribution in [1.29, 1.82) is 0 Å². The fourth-order valence-corrected chi connectivity index (χ4v) is 10.4. The summed E-state index contributed by atoms with van der Waals surface area (Å²) in [6, 6.07) is 11.9. The van der Waals surface area contributed by atoms with Crippen LogP contribution in [0.1, 0.15) is 101 Å². The van der Waals surface area contributed by atoms with Crippen LogP contribution < -0.4 is 9.47 Å². The summed E-state index contributed by atoms with van der Waals surface area (Å²) >= 11 is 0. The van der Waals surface area contributed by atoms with Crippen LogP contribution in [0.25, 0.3) is 0 Å². The zero-order valence-corrected chi connectivity index (χ0v) is 34.4. The lowest BCUT2D eigenvalue weighted by molar-refractivity contribution is -0.258. The highest BCUT2D eigenvalue weighted by atomic mass is 19.1. The molecule has 11 heteroatoms. The fourth-order valence-electron chi connectivity index (χ4n) is 10.4. The SMILES string of the molecule is C=CCO[C@@]12Oc3ccc(OCCN4CC4)cc3[C@H]3[C@H](CCCCO)[C@@H](CCCCO)C=C(C(=NOC)C[C@@H]1N(Cc1ccc(F)cc1)C(=O)CCC1CCCC1)[C@H]32. The molecular formula is C47H64FN3O7. The second kappa shape index (κ2) is 20.0. The molecule has 10 nitrogen and oxygen atoms in total. The number of carbonyl (C=O) groups excluding carboxylic acids is 1. The third-order valence-electron chi connectivity index (χ3n) is 13.3. The molecule has 7 rings (SSSR count). The van der Waals surface area contributed by atoms with E-state index < -0.39 is 17.7 Å². The number of amides is 1. The van der Waals surface area contributed by atoms with Gasteiger partial charge in [-0.05, 0) is 91.3 Å². The van der Waals surface area contributed by atoms with E-state index in [-0.39, 0.29) is 55.8 Å². The first kappa shape index (κ1) is 42.4. The van der Waals surface area contributed by atoms with E-state index in [2.05, 4.69) is 23.6 Å². The van der Waals surface area contributed by atoms with Crippen LogP contribution in [-0.4, -0.2) is 96.6 Å². The molecule has 2 saturated carbocycles. The summed E-state index contributed by atoms with van der Waals surface area (Å²) in [7, 11) is 1.56. The Morgan fingerprint density at radius 1 is 1.05 bits per heavy atom. The summed E-state index contributed by atoms with van der Waals surface area (Å²) in [5, 5.41) is 24.5. The van der Waals surface area contributed by atoms with E-state index in [1.165, 1.54) is 25.0 Å². The Labute approximate surface area is 344 Å². The summed E-state index contributed by atoms with van der Waals surface area (Å²) in [4.78, 5) is 24.8. The third-order valence-corrected chi connectivity index (χ3v) is 13.3. The Balaban J connectivity index is 1.39. The van der Waals surface area contributed by atoms with Crippen molar-refractivity contribution in [3.05, 3.63) is 83.7 Å². The first-order valence-electron chi connectivity index (χ1n) is 21.9. The maximum atomic E-state index is 14.9. The van der Waals surface area contributed by atoms with E-state index in [1.807, 2.05) is 17.0 Å². The quantitative estimate of drug-likeness (QED) is 0.0538. The van der Waals surface area contributed by atoms with Gasteiger partial charge in [0.2, 0.25) is 11.7 Å². The van der Waals surface area contributed by atoms with E-state index in [9.17, 15) is 19.4 Å². The lowest BCUT2D eigenvalue weighted by Gasteiger charge is -2.60. The molecule has 2 aromatic carbocycles. The molecule has 58 heavy (non-hydrogen) atoms. The van der Waals surface area contributed by atoms with Crippen LogP contribution in [0.2, 0.25) is 0 Å². The maximum Gasteiger partial charge on any atom is 0.239 e. The highest BCUT2D eigenvalue weighted by Gasteiger charge is 2.65. The Morgan fingerprint density at radius 3 is 2.52 bits per heavy atom. The number of aliphatic hydroxyl groups is 2. The molecule has 2 aromatic rings. The smallest absolute Gasteiger partial charge is 0.239 e. The number of halogens is 1. The molecule has 2 aliphatic heterocycles. The number of benzene rings is 2. The molecule has 1 saturated heterocycles. The Morgan fingerprint density at radius 2 is 1.81 bits per heavy atom. The van der Waals surface area contributed by atoms with E-state index in [4.69, 9.17) is 24.2 Å². The van der Waals surface area contributed by atoms with Gasteiger partial charge in [0.1, 0.15) is 37.1 Å². The maximum absolute atomic E-state index is 14.9. The van der Waals surface area contributed by atoms with Crippen LogP contribution in [-0.2, 0) is 20.9 Å². The van der Waals surface area contributed by atoms with Gasteiger partial charge in [0.15, 0.2) is 0 Å². The van der Waals surface area contributed by atoms with Crippen molar-refractivity contribution in [1.82, 2.24) is 9.80 Å². The van der Waals surface area contributed by atoms with Crippen molar-refractivity contribution in [3.8, 4) is 11.5 Å². The van der Waals surface area contributed by atoms with E-state index in [1.54, 1.807) is 25.3 Å². The molecule has 0 unspecified atom stereocenters. The Hall–Kier alpha value is -3.77. The van der Waals surface area contributed by atoms with Gasteiger partial charge in [0, 0.05) is 63.7 Å². The van der Waals surface area contributed by atoms with Gasteiger partial charge in [-0.25, -0.2) is 4.39 Å². The molecular weight excluding hydrogens is 738 g/mol. The van der Waals surface area contributed by atoms with E-state index in [0.29, 0.717) is 44.0 Å². The molecule has 2 N–H and O–H groups in total. The van der Waals surface area contributed by atoms with E-state index >= 15 is 0 Å². The van der Waals surface area contributed by atoms with Gasteiger partial charge in [-0.15, -0.1) is 6.58 Å². The van der Waals surface area contributed by atoms with Crippen molar-refractivity contribution in [3.63, 3.8) is 0 Å². The van der Waals surface area contributed by atoms with Crippen LogP contribution in [0.3, 0.4) is 0 Å². The lowest BCUT2D eigenvalue weighted by atomic mass is 9.55. The largest absolute Gasteiger partial charge is 0.492 e. The van der Waals surface area contributed by atoms with E-state index in [0.717, 1.165) is 92.7 Å². The second-order valence-electron chi connectivity index (χ2n) is 17.0. The van der Waals surface area contributed by atoms with Crippen LogP contribution in [0.4, 0.5) is 4.39 Å². The summed E-state index contributed by atoms with van der Waals surface area (Å²) in [6.07, 6.45) is 15.1. The minimum Gasteiger partial charge on any atom is -0.492 e. The topological polar surface area (TPSA) is 113 Å². The number of unbranched alkanes of at least 4 members (excludes halogenated alkanes) is 2. The van der Waals surface area contributed by atoms with Crippen molar-refractivity contribution in [2.75, 3.05) is 53.2 Å². The minimum absolute atomic E-state index is 0.00489. The molecule has 0 bridgehead atoms. The van der Waals surface area contributed by atoms with Crippen molar-refractivity contribution >= 4 is 11.6 Å². The number of rotatable bonds is 22. The molecule has 0 aromatic heterocycles. The number of hydrogen-bond donors (Lipinski definition) is 2. The average Bonchev–Trinajstić information content (AvgIpc) is 3.91. The summed E-state index contributed by atoms with van der Waals surface area (Å²) in [5.41, 5.74) is 3.60. The summed E-state index contributed by atoms with van der Waals surface area (Å²) < 4.78 is 35.2. The predicted octanol–water partition coefficient (Wildman–Crippen LogP) is 7.78. The molecule has 3 fully saturated rings. The second-order valence-corrected chi connectivity index (χ2v) is 17.0. The van der Waals surface area contributed by atoms with Crippen LogP contribution in [0, 0.1) is 29.5 Å². The standard InChI is InChI=1S/C47H64FN3O7/c1-3-27-57-47-43(51(32-34-14-17-36(48)18-15-34)44(54)21-16-33-10-4-5-11-33)31-41(49-55-2)39-29-35(12-6-8-25-52)38(13-7-9-26-53)45(46(39)47)40-30-37(19-20-42(40)58-47)56-28-24-50-22-23-50/h3,14-15,17-20,29-30,33,35,38,43,45-46,52-53H,1,4-13,16,21-28,31-32H2,2H3/t35-,38+,43-,45+,46+,47+/m0/s1. The number of ether oxygens (including phenoxy) is 3. The molecule has 0 spiro atoms. The monoisotopic (exact) mass is 801 g/mol. The third kappa shape index (κ3) is 9.64. The number of aliphatic hydroxyl groups excluding tert-OH is 2. The first-order chi connectivity index (χ1) is 28.4. The highest BCUT2D eigenvalue weighted by Crippen LogP contribution is 2.62. The molecule has 5 aliphatic rings. The van der Waals surface area contributed by atoms with Crippen molar-refractivity contribution in [2.45, 2.75) is 108 Å². The Kier molecular flexibility index (Phi) is 14.6. The minimum atomic E-state index is -1.35. The van der Waals surface area contributed by atoms with Gasteiger partial charge in [0.25, 0.3) is 0 Å². The van der Waals surface area contributed by atoms with Gasteiger partial charge >= 0.3 is 0 Å². The number of fused-ring (bicyclic) bond motifs is 2. The number of nitrogens with zero attached hydrogens (tertiary/aromatic N) is 3. The molecule has 316 valence electrons. The van der Waals surface area contributed by atoms with Crippen LogP contribution >= 0.6 is 0 Å². The van der Waals surface area contributed by atoms with Crippen LogP contribution in [0.5, 0.6) is 11.5 Å².